The van der Waals surface area contributed by atoms with Crippen LogP contribution in [0.3, 0.4) is 0 Å². The summed E-state index contributed by atoms with van der Waals surface area (Å²) in [5, 5.41) is 0.142. The number of nitrogens with zero attached hydrogens (tertiary/aromatic N) is 4. The maximum atomic E-state index is 13.6. The number of aromatic nitrogens is 4. The lowest BCUT2D eigenvalue weighted by Gasteiger charge is -2.20. The first kappa shape index (κ1) is 28.8. The predicted molar refractivity (Wildman–Crippen MR) is 152 cm³/mol. The number of methoxy groups -OCH3 is 1. The van der Waals surface area contributed by atoms with Crippen LogP contribution in [0.15, 0.2) is 76.9 Å². The van der Waals surface area contributed by atoms with Gasteiger partial charge >= 0.3 is 0 Å². The number of rotatable bonds is 10. The second-order valence-corrected chi connectivity index (χ2v) is 12.1. The largest absolute Gasteiger partial charge is 0.493 e. The zero-order chi connectivity index (χ0) is 28.9. The molecule has 2 heterocycles. The van der Waals surface area contributed by atoms with Gasteiger partial charge in [0.1, 0.15) is 5.03 Å². The van der Waals surface area contributed by atoms with Gasteiger partial charge in [-0.25, -0.2) is 28.4 Å². The standard InChI is InChI=1S/C27H28N6O5S2/c1-27(2,3)17-10-12-18(13-11-17)40(35,36)33-23-22(38-20-9-6-5-8-19(20)37-4)26(39-16-21(28)34)32-25(31-23)24-29-14-7-15-30-24/h5-15H,16H2,1-4H3,(H2,28,34)(H,31,32,33). The van der Waals surface area contributed by atoms with Crippen LogP contribution in [0.2, 0.25) is 0 Å². The maximum absolute atomic E-state index is 13.6. The fraction of sp³-hybridized carbons (Fsp3) is 0.222. The van der Waals surface area contributed by atoms with Gasteiger partial charge < -0.3 is 15.2 Å². The molecule has 4 aromatic rings. The predicted octanol–water partition coefficient (Wildman–Crippen LogP) is 4.41. The minimum absolute atomic E-state index is 0.0146. The minimum Gasteiger partial charge on any atom is -0.493 e. The Morgan fingerprint density at radius 2 is 1.60 bits per heavy atom. The zero-order valence-electron chi connectivity index (χ0n) is 22.3. The molecule has 0 radical (unpaired) electrons. The van der Waals surface area contributed by atoms with Gasteiger partial charge in [0.2, 0.25) is 17.5 Å². The molecule has 0 aliphatic rings. The molecule has 3 N–H and O–H groups in total. The van der Waals surface area contributed by atoms with E-state index in [0.29, 0.717) is 5.75 Å². The molecule has 0 fully saturated rings. The highest BCUT2D eigenvalue weighted by atomic mass is 32.2. The molecule has 0 bridgehead atoms. The van der Waals surface area contributed by atoms with E-state index >= 15 is 0 Å². The molecule has 0 unspecified atom stereocenters. The van der Waals surface area contributed by atoms with Crippen LogP contribution in [0.1, 0.15) is 26.3 Å². The van der Waals surface area contributed by atoms with Gasteiger partial charge in [-0.3, -0.25) is 9.52 Å². The number of nitrogens with two attached hydrogens (primary N) is 1. The number of amides is 1. The molecule has 2 aromatic carbocycles. The number of hydrogen-bond donors (Lipinski definition) is 2. The van der Waals surface area contributed by atoms with Crippen molar-refractivity contribution in [3.05, 3.63) is 72.6 Å². The summed E-state index contributed by atoms with van der Waals surface area (Å²) >= 11 is 0.955. The van der Waals surface area contributed by atoms with Crippen LogP contribution < -0.4 is 19.9 Å². The molecule has 0 atom stereocenters. The smallest absolute Gasteiger partial charge is 0.263 e. The topological polar surface area (TPSA) is 159 Å². The third kappa shape index (κ3) is 6.85. The highest BCUT2D eigenvalue weighted by molar-refractivity contribution is 8.00. The summed E-state index contributed by atoms with van der Waals surface area (Å²) < 4.78 is 41.2. The van der Waals surface area contributed by atoms with Gasteiger partial charge in [0, 0.05) is 12.4 Å². The molecule has 0 aliphatic heterocycles. The van der Waals surface area contributed by atoms with E-state index in [2.05, 4.69) is 24.7 Å². The van der Waals surface area contributed by atoms with Crippen LogP contribution in [0.4, 0.5) is 5.82 Å². The van der Waals surface area contributed by atoms with Crippen LogP contribution in [-0.2, 0) is 20.2 Å². The highest BCUT2D eigenvalue weighted by Gasteiger charge is 2.26. The zero-order valence-corrected chi connectivity index (χ0v) is 23.9. The molecular weight excluding hydrogens is 552 g/mol. The second-order valence-electron chi connectivity index (χ2n) is 9.49. The molecular formula is C27H28N6O5S2. The second kappa shape index (κ2) is 11.9. The van der Waals surface area contributed by atoms with Crippen LogP contribution in [0.5, 0.6) is 17.2 Å². The van der Waals surface area contributed by atoms with Crippen molar-refractivity contribution < 1.29 is 22.7 Å². The number of carbonyl (C=O) groups excluding carboxylic acids is 1. The van der Waals surface area contributed by atoms with Gasteiger partial charge in [0.05, 0.1) is 17.8 Å². The van der Waals surface area contributed by atoms with Crippen LogP contribution in [0.25, 0.3) is 11.6 Å². The third-order valence-corrected chi connectivity index (χ3v) is 7.83. The molecule has 11 nitrogen and oxygen atoms in total. The van der Waals surface area contributed by atoms with Gasteiger partial charge in [-0.05, 0) is 41.3 Å². The molecule has 1 amide bonds. The fourth-order valence-corrected chi connectivity index (χ4v) is 5.18. The number of para-hydroxylation sites is 2. The van der Waals surface area contributed by atoms with Crippen LogP contribution in [-0.4, -0.2) is 47.1 Å². The number of thioether (sulfide) groups is 1. The number of carbonyl (C=O) groups is 1. The Morgan fingerprint density at radius 3 is 2.20 bits per heavy atom. The summed E-state index contributed by atoms with van der Waals surface area (Å²) in [6.07, 6.45) is 3.00. The van der Waals surface area contributed by atoms with Gasteiger partial charge in [-0.1, -0.05) is 56.8 Å². The maximum Gasteiger partial charge on any atom is 0.263 e. The summed E-state index contributed by atoms with van der Waals surface area (Å²) in [7, 11) is -2.67. The van der Waals surface area contributed by atoms with Gasteiger partial charge in [-0.2, -0.15) is 0 Å². The normalized spacial score (nSPS) is 11.6. The SMILES string of the molecule is COc1ccccc1Oc1c(NS(=O)(=O)c2ccc(C(C)(C)C)cc2)nc(-c2ncccn2)nc1SCC(N)=O. The summed E-state index contributed by atoms with van der Waals surface area (Å²) in [6, 6.07) is 15.0. The number of sulfonamides is 1. The molecule has 13 heteroatoms. The Morgan fingerprint density at radius 1 is 0.950 bits per heavy atom. The van der Waals surface area contributed by atoms with Crippen molar-refractivity contribution in [2.45, 2.75) is 36.1 Å². The van der Waals surface area contributed by atoms with Gasteiger partial charge in [-0.15, -0.1) is 0 Å². The van der Waals surface area contributed by atoms with Crippen molar-refractivity contribution in [1.82, 2.24) is 19.9 Å². The Balaban J connectivity index is 1.87. The van der Waals surface area contributed by atoms with Crippen molar-refractivity contribution in [2.24, 2.45) is 5.73 Å². The number of nitrogens with one attached hydrogen (secondary N) is 1. The number of hydrogen-bond acceptors (Lipinski definition) is 10. The highest BCUT2D eigenvalue weighted by Crippen LogP contribution is 2.41. The fourth-order valence-electron chi connectivity index (χ4n) is 3.48. The third-order valence-electron chi connectivity index (χ3n) is 5.49. The molecule has 4 rings (SSSR count). The van der Waals surface area contributed by atoms with E-state index < -0.39 is 15.9 Å². The molecule has 40 heavy (non-hydrogen) atoms. The lowest BCUT2D eigenvalue weighted by molar-refractivity contribution is -0.115. The first-order chi connectivity index (χ1) is 19.0. The number of anilines is 1. The Hall–Kier alpha value is -4.23. The van der Waals surface area contributed by atoms with E-state index in [1.54, 1.807) is 42.5 Å². The van der Waals surface area contributed by atoms with E-state index in [1.165, 1.54) is 31.6 Å². The Bertz CT molecular complexity index is 1610. The molecule has 2 aromatic heterocycles. The summed E-state index contributed by atoms with van der Waals surface area (Å²) in [4.78, 5) is 28.9. The van der Waals surface area contributed by atoms with E-state index in [0.717, 1.165) is 17.3 Å². The Labute approximate surface area is 236 Å². The van der Waals surface area contributed by atoms with E-state index in [-0.39, 0.29) is 50.1 Å². The Kier molecular flexibility index (Phi) is 8.55. The summed E-state index contributed by atoms with van der Waals surface area (Å²) in [6.45, 7) is 6.11. The molecule has 208 valence electrons. The molecule has 0 saturated carbocycles. The number of benzene rings is 2. The minimum atomic E-state index is -4.15. The first-order valence-electron chi connectivity index (χ1n) is 12.0. The van der Waals surface area contributed by atoms with E-state index in [4.69, 9.17) is 15.2 Å². The molecule has 0 saturated heterocycles. The van der Waals surface area contributed by atoms with Crippen molar-refractivity contribution in [1.29, 1.82) is 0 Å². The van der Waals surface area contributed by atoms with Crippen molar-refractivity contribution in [2.75, 3.05) is 17.6 Å². The van der Waals surface area contributed by atoms with Crippen molar-refractivity contribution in [3.8, 4) is 28.9 Å². The summed E-state index contributed by atoms with van der Waals surface area (Å²) in [5.41, 5.74) is 6.21. The average molecular weight is 581 g/mol. The average Bonchev–Trinajstić information content (AvgIpc) is 2.93. The number of ether oxygens (including phenoxy) is 2. The molecule has 0 aliphatic carbocycles. The van der Waals surface area contributed by atoms with Gasteiger partial charge in [0.25, 0.3) is 10.0 Å². The first-order valence-corrected chi connectivity index (χ1v) is 14.5. The molecule has 0 spiro atoms. The van der Waals surface area contributed by atoms with Crippen molar-refractivity contribution >= 4 is 33.5 Å². The lowest BCUT2D eigenvalue weighted by Crippen LogP contribution is -2.17. The monoisotopic (exact) mass is 580 g/mol. The van der Waals surface area contributed by atoms with E-state index in [1.807, 2.05) is 20.8 Å². The van der Waals surface area contributed by atoms with Crippen molar-refractivity contribution in [3.63, 3.8) is 0 Å². The van der Waals surface area contributed by atoms with E-state index in [9.17, 15) is 13.2 Å². The van der Waals surface area contributed by atoms with Crippen LogP contribution >= 0.6 is 11.8 Å². The number of primary amides is 1. The summed E-state index contributed by atoms with van der Waals surface area (Å²) in [5.74, 6) is -0.188. The van der Waals surface area contributed by atoms with Crippen LogP contribution in [0, 0.1) is 0 Å². The van der Waals surface area contributed by atoms with Gasteiger partial charge in [0.15, 0.2) is 23.1 Å². The lowest BCUT2D eigenvalue weighted by atomic mass is 9.87. The quantitative estimate of drug-likeness (QED) is 0.203.